The van der Waals surface area contributed by atoms with Crippen molar-refractivity contribution in [2.45, 2.75) is 0 Å². The smallest absolute Gasteiger partial charge is 0.101 e. The average Bonchev–Trinajstić information content (AvgIpc) is 2.73. The lowest BCUT2D eigenvalue weighted by Crippen LogP contribution is -1.82. The second-order valence-electron chi connectivity index (χ2n) is 3.04. The minimum Gasteiger partial charge on any atom is -0.361 e. The third kappa shape index (κ3) is 1.47. The predicted octanol–water partition coefficient (Wildman–Crippen LogP) is 2.60. The summed E-state index contributed by atoms with van der Waals surface area (Å²) in [5.74, 6) is 0. The van der Waals surface area contributed by atoms with Crippen molar-refractivity contribution in [1.82, 2.24) is 4.98 Å². The molecule has 0 aliphatic rings. The van der Waals surface area contributed by atoms with Gasteiger partial charge in [0.25, 0.3) is 0 Å². The van der Waals surface area contributed by atoms with Crippen molar-refractivity contribution < 1.29 is 0 Å². The first-order valence-electron chi connectivity index (χ1n) is 4.43. The fraction of sp³-hybridized carbons (Fsp3) is 0. The molecule has 70 valence electrons. The van der Waals surface area contributed by atoms with E-state index in [0.29, 0.717) is 5.57 Å². The van der Waals surface area contributed by atoms with Crippen molar-refractivity contribution in [2.75, 3.05) is 0 Å². The van der Waals surface area contributed by atoms with Gasteiger partial charge in [-0.1, -0.05) is 12.1 Å². The molecule has 0 saturated carbocycles. The molecule has 0 radical (unpaired) electrons. The Morgan fingerprint density at radius 1 is 1.27 bits per heavy atom. The number of allylic oxidation sites excluding steroid dienone is 2. The number of aromatic nitrogens is 1. The lowest BCUT2D eigenvalue weighted by Gasteiger charge is -1.99. The molecule has 3 heteroatoms. The number of fused-ring (bicyclic) bond motifs is 1. The maximum atomic E-state index is 8.93. The van der Waals surface area contributed by atoms with Crippen molar-refractivity contribution >= 4 is 16.5 Å². The highest BCUT2D eigenvalue weighted by Gasteiger charge is 2.05. The molecular weight excluding hydrogens is 186 g/mol. The molecule has 0 fully saturated rings. The lowest BCUT2D eigenvalue weighted by atomic mass is 10.0. The zero-order chi connectivity index (χ0) is 10.7. The molecule has 0 spiro atoms. The van der Waals surface area contributed by atoms with E-state index in [9.17, 15) is 0 Å². The highest BCUT2D eigenvalue weighted by atomic mass is 14.7. The molecule has 2 rings (SSSR count). The van der Waals surface area contributed by atoms with Gasteiger partial charge in [-0.3, -0.25) is 0 Å². The Labute approximate surface area is 86.9 Å². The standard InChI is InChI=1S/C12H7N3/c13-6-4-9(8-14)10-2-1-3-12-11(10)5-7-15-12/h1-5,7,15H/b9-4+. The van der Waals surface area contributed by atoms with Gasteiger partial charge in [0.1, 0.15) is 6.07 Å². The van der Waals surface area contributed by atoms with Crippen LogP contribution in [-0.2, 0) is 0 Å². The van der Waals surface area contributed by atoms with Crippen molar-refractivity contribution in [3.63, 3.8) is 0 Å². The SMILES string of the molecule is N#C/C=C(\C#N)c1cccc2[nH]ccc12. The van der Waals surface area contributed by atoms with E-state index in [1.807, 2.05) is 42.6 Å². The maximum Gasteiger partial charge on any atom is 0.101 e. The molecule has 15 heavy (non-hydrogen) atoms. The van der Waals surface area contributed by atoms with Crippen LogP contribution in [0.2, 0.25) is 0 Å². The Morgan fingerprint density at radius 2 is 2.13 bits per heavy atom. The quantitative estimate of drug-likeness (QED) is 0.707. The van der Waals surface area contributed by atoms with Gasteiger partial charge in [0, 0.05) is 28.7 Å². The number of H-pyrrole nitrogens is 1. The van der Waals surface area contributed by atoms with E-state index in [4.69, 9.17) is 10.5 Å². The molecule has 1 N–H and O–H groups in total. The summed E-state index contributed by atoms with van der Waals surface area (Å²) in [4.78, 5) is 3.06. The Bertz CT molecular complexity index is 606. The summed E-state index contributed by atoms with van der Waals surface area (Å²) >= 11 is 0. The van der Waals surface area contributed by atoms with Crippen LogP contribution in [0.1, 0.15) is 5.56 Å². The van der Waals surface area contributed by atoms with Crippen LogP contribution in [0.4, 0.5) is 0 Å². The number of hydrogen-bond donors (Lipinski definition) is 1. The fourth-order valence-corrected chi connectivity index (χ4v) is 1.56. The predicted molar refractivity (Wildman–Crippen MR) is 57.5 cm³/mol. The molecule has 0 aliphatic carbocycles. The molecule has 3 nitrogen and oxygen atoms in total. The summed E-state index contributed by atoms with van der Waals surface area (Å²) in [7, 11) is 0. The summed E-state index contributed by atoms with van der Waals surface area (Å²) in [6.45, 7) is 0. The monoisotopic (exact) mass is 193 g/mol. The molecule has 2 aromatic rings. The summed E-state index contributed by atoms with van der Waals surface area (Å²) in [6, 6.07) is 11.4. The third-order valence-electron chi connectivity index (χ3n) is 2.21. The zero-order valence-electron chi connectivity index (χ0n) is 7.86. The van der Waals surface area contributed by atoms with Crippen LogP contribution in [0.25, 0.3) is 16.5 Å². The van der Waals surface area contributed by atoms with E-state index in [0.717, 1.165) is 16.5 Å². The summed E-state index contributed by atoms with van der Waals surface area (Å²) < 4.78 is 0. The number of aromatic amines is 1. The van der Waals surface area contributed by atoms with Crippen molar-refractivity contribution in [2.24, 2.45) is 0 Å². The second-order valence-corrected chi connectivity index (χ2v) is 3.04. The van der Waals surface area contributed by atoms with Gasteiger partial charge in [0.2, 0.25) is 0 Å². The highest BCUT2D eigenvalue weighted by molar-refractivity contribution is 5.96. The fourth-order valence-electron chi connectivity index (χ4n) is 1.56. The Morgan fingerprint density at radius 3 is 2.87 bits per heavy atom. The van der Waals surface area contributed by atoms with Crippen LogP contribution in [0.3, 0.4) is 0 Å². The van der Waals surface area contributed by atoms with Gasteiger partial charge in [-0.2, -0.15) is 10.5 Å². The zero-order valence-corrected chi connectivity index (χ0v) is 7.86. The molecule has 0 unspecified atom stereocenters. The lowest BCUT2D eigenvalue weighted by molar-refractivity contribution is 1.47. The number of hydrogen-bond acceptors (Lipinski definition) is 2. The first-order valence-corrected chi connectivity index (χ1v) is 4.43. The number of nitriles is 2. The first kappa shape index (κ1) is 9.05. The summed E-state index contributed by atoms with van der Waals surface area (Å²) in [5.41, 5.74) is 2.15. The molecule has 1 heterocycles. The van der Waals surface area contributed by atoms with Crippen molar-refractivity contribution in [1.29, 1.82) is 10.5 Å². The van der Waals surface area contributed by atoms with E-state index >= 15 is 0 Å². The van der Waals surface area contributed by atoms with Gasteiger partial charge in [-0.15, -0.1) is 0 Å². The minimum atomic E-state index is 0.391. The summed E-state index contributed by atoms with van der Waals surface area (Å²) in [6.07, 6.45) is 3.08. The molecule has 1 aromatic heterocycles. The first-order chi connectivity index (χ1) is 7.36. The molecule has 1 aromatic carbocycles. The van der Waals surface area contributed by atoms with Crippen LogP contribution < -0.4 is 0 Å². The molecule has 0 aliphatic heterocycles. The number of rotatable bonds is 1. The Kier molecular flexibility index (Phi) is 2.23. The maximum absolute atomic E-state index is 8.93. The molecular formula is C12H7N3. The number of nitrogens with one attached hydrogen (secondary N) is 1. The van der Waals surface area contributed by atoms with Gasteiger partial charge >= 0.3 is 0 Å². The van der Waals surface area contributed by atoms with Crippen LogP contribution in [0.15, 0.2) is 36.5 Å². The number of benzene rings is 1. The molecule has 0 saturated heterocycles. The largest absolute Gasteiger partial charge is 0.361 e. The van der Waals surface area contributed by atoms with E-state index in [-0.39, 0.29) is 0 Å². The summed E-state index contributed by atoms with van der Waals surface area (Å²) in [5, 5.41) is 18.5. The molecule has 0 amide bonds. The van der Waals surface area contributed by atoms with Gasteiger partial charge in [0.05, 0.1) is 11.6 Å². The van der Waals surface area contributed by atoms with E-state index in [1.165, 1.54) is 6.08 Å². The van der Waals surface area contributed by atoms with Crippen molar-refractivity contribution in [3.05, 3.63) is 42.1 Å². The normalized spacial score (nSPS) is 10.9. The van der Waals surface area contributed by atoms with Crippen LogP contribution >= 0.6 is 0 Å². The van der Waals surface area contributed by atoms with E-state index in [2.05, 4.69) is 4.98 Å². The van der Waals surface area contributed by atoms with Gasteiger partial charge < -0.3 is 4.98 Å². The Hall–Kier alpha value is -2.52. The molecule has 0 atom stereocenters. The van der Waals surface area contributed by atoms with Gasteiger partial charge in [-0.05, 0) is 12.1 Å². The Balaban J connectivity index is 2.72. The molecule has 0 bridgehead atoms. The third-order valence-corrected chi connectivity index (χ3v) is 2.21. The van der Waals surface area contributed by atoms with Crippen LogP contribution in [-0.4, -0.2) is 4.98 Å². The minimum absolute atomic E-state index is 0.391. The van der Waals surface area contributed by atoms with Crippen LogP contribution in [0, 0.1) is 22.7 Å². The average molecular weight is 193 g/mol. The number of nitrogens with zero attached hydrogens (tertiary/aromatic N) is 2. The highest BCUT2D eigenvalue weighted by Crippen LogP contribution is 2.23. The van der Waals surface area contributed by atoms with Gasteiger partial charge in [-0.25, -0.2) is 0 Å². The van der Waals surface area contributed by atoms with Crippen LogP contribution in [0.5, 0.6) is 0 Å². The van der Waals surface area contributed by atoms with Crippen molar-refractivity contribution in [3.8, 4) is 12.1 Å². The topological polar surface area (TPSA) is 63.4 Å². The van der Waals surface area contributed by atoms with Gasteiger partial charge in [0.15, 0.2) is 0 Å². The van der Waals surface area contributed by atoms with E-state index in [1.54, 1.807) is 0 Å². The second kappa shape index (κ2) is 3.69. The van der Waals surface area contributed by atoms with E-state index < -0.39 is 0 Å².